The third-order valence-corrected chi connectivity index (χ3v) is 4.28. The second-order valence-electron chi connectivity index (χ2n) is 5.60. The van der Waals surface area contributed by atoms with Crippen LogP contribution in [0.2, 0.25) is 5.02 Å². The minimum Gasteiger partial charge on any atom is -0.497 e. The Kier molecular flexibility index (Phi) is 5.11. The van der Waals surface area contributed by atoms with E-state index in [9.17, 15) is 4.79 Å². The summed E-state index contributed by atoms with van der Waals surface area (Å²) in [5.41, 5.74) is 1.90. The highest BCUT2D eigenvalue weighted by Gasteiger charge is 2.21. The fourth-order valence-corrected chi connectivity index (χ4v) is 2.85. The number of nitrogens with one attached hydrogen (secondary N) is 2. The Morgan fingerprint density at radius 2 is 2.17 bits per heavy atom. The number of fused-ring (bicyclic) bond motifs is 1. The molecule has 2 aromatic rings. The molecule has 2 amide bonds. The molecule has 1 heterocycles. The molecule has 6 heteroatoms. The molecule has 126 valence electrons. The quantitative estimate of drug-likeness (QED) is 0.894. The average Bonchev–Trinajstić information content (AvgIpc) is 2.60. The van der Waals surface area contributed by atoms with Crippen molar-refractivity contribution in [2.24, 2.45) is 0 Å². The lowest BCUT2D eigenvalue weighted by molar-refractivity contribution is 0.214. The average molecular weight is 347 g/mol. The number of ether oxygens (including phenoxy) is 2. The van der Waals surface area contributed by atoms with Crippen LogP contribution >= 0.6 is 11.6 Å². The highest BCUT2D eigenvalue weighted by atomic mass is 35.5. The fraction of sp³-hybridized carbons (Fsp3) is 0.278. The van der Waals surface area contributed by atoms with Gasteiger partial charge in [0.1, 0.15) is 18.1 Å². The predicted octanol–water partition coefficient (Wildman–Crippen LogP) is 3.15. The first-order valence-electron chi connectivity index (χ1n) is 7.73. The Hall–Kier alpha value is -2.40. The van der Waals surface area contributed by atoms with Gasteiger partial charge in [-0.1, -0.05) is 29.8 Å². The SMILES string of the molecule is COc1ccc2c(c1)CC(NC(=O)NCc1ccccc1Cl)CO2. The molecule has 5 nitrogen and oxygen atoms in total. The Labute approximate surface area is 145 Å². The van der Waals surface area contributed by atoms with Crippen molar-refractivity contribution in [3.05, 3.63) is 58.6 Å². The van der Waals surface area contributed by atoms with E-state index in [4.69, 9.17) is 21.1 Å². The van der Waals surface area contributed by atoms with Crippen LogP contribution < -0.4 is 20.1 Å². The van der Waals surface area contributed by atoms with E-state index >= 15 is 0 Å². The van der Waals surface area contributed by atoms with E-state index in [0.717, 1.165) is 22.6 Å². The summed E-state index contributed by atoms with van der Waals surface area (Å²) < 4.78 is 10.9. The second kappa shape index (κ2) is 7.45. The highest BCUT2D eigenvalue weighted by Crippen LogP contribution is 2.28. The standard InChI is InChI=1S/C18H19ClN2O3/c1-23-15-6-7-17-13(9-15)8-14(11-24-17)21-18(22)20-10-12-4-2-3-5-16(12)19/h2-7,9,14H,8,10-11H2,1H3,(H2,20,21,22). The summed E-state index contributed by atoms with van der Waals surface area (Å²) in [7, 11) is 1.63. The number of halogens is 1. The van der Waals surface area contributed by atoms with Crippen molar-refractivity contribution in [2.75, 3.05) is 13.7 Å². The number of amides is 2. The van der Waals surface area contributed by atoms with Crippen LogP contribution in [-0.2, 0) is 13.0 Å². The van der Waals surface area contributed by atoms with Gasteiger partial charge in [0.25, 0.3) is 0 Å². The molecular weight excluding hydrogens is 328 g/mol. The molecule has 1 unspecified atom stereocenters. The van der Waals surface area contributed by atoms with Crippen LogP contribution in [0.15, 0.2) is 42.5 Å². The molecule has 2 N–H and O–H groups in total. The van der Waals surface area contributed by atoms with E-state index in [1.807, 2.05) is 36.4 Å². The molecule has 0 saturated carbocycles. The molecule has 0 fully saturated rings. The van der Waals surface area contributed by atoms with Crippen molar-refractivity contribution in [3.8, 4) is 11.5 Å². The van der Waals surface area contributed by atoms with Gasteiger partial charge in [-0.25, -0.2) is 4.79 Å². The predicted molar refractivity (Wildman–Crippen MR) is 92.8 cm³/mol. The Morgan fingerprint density at radius 3 is 2.96 bits per heavy atom. The van der Waals surface area contributed by atoms with E-state index in [0.29, 0.717) is 24.6 Å². The zero-order valence-corrected chi connectivity index (χ0v) is 14.1. The van der Waals surface area contributed by atoms with Crippen LogP contribution in [0.3, 0.4) is 0 Å². The summed E-state index contributed by atoms with van der Waals surface area (Å²) in [6.07, 6.45) is 0.700. The van der Waals surface area contributed by atoms with Crippen molar-refractivity contribution in [1.29, 1.82) is 0 Å². The summed E-state index contributed by atoms with van der Waals surface area (Å²) in [4.78, 5) is 12.1. The Morgan fingerprint density at radius 1 is 1.33 bits per heavy atom. The molecule has 0 aromatic heterocycles. The van der Waals surface area contributed by atoms with E-state index in [1.54, 1.807) is 13.2 Å². The highest BCUT2D eigenvalue weighted by molar-refractivity contribution is 6.31. The van der Waals surface area contributed by atoms with Gasteiger partial charge in [0.2, 0.25) is 0 Å². The van der Waals surface area contributed by atoms with Crippen molar-refractivity contribution < 1.29 is 14.3 Å². The molecule has 1 aliphatic heterocycles. The van der Waals surface area contributed by atoms with Crippen molar-refractivity contribution >= 4 is 17.6 Å². The van der Waals surface area contributed by atoms with Crippen LogP contribution in [0.25, 0.3) is 0 Å². The van der Waals surface area contributed by atoms with Gasteiger partial charge in [-0.05, 0) is 41.8 Å². The summed E-state index contributed by atoms with van der Waals surface area (Å²) in [5.74, 6) is 1.62. The Balaban J connectivity index is 1.54. The summed E-state index contributed by atoms with van der Waals surface area (Å²) in [6.45, 7) is 0.822. The molecule has 1 aliphatic rings. The molecule has 0 saturated heterocycles. The molecule has 0 aliphatic carbocycles. The first-order chi connectivity index (χ1) is 11.7. The monoisotopic (exact) mass is 346 g/mol. The van der Waals surface area contributed by atoms with Crippen LogP contribution in [-0.4, -0.2) is 25.8 Å². The molecule has 0 radical (unpaired) electrons. The van der Waals surface area contributed by atoms with E-state index in [1.165, 1.54) is 0 Å². The normalized spacial score (nSPS) is 15.8. The zero-order valence-electron chi connectivity index (χ0n) is 13.3. The molecule has 2 aromatic carbocycles. The Bertz CT molecular complexity index is 736. The lowest BCUT2D eigenvalue weighted by Crippen LogP contribution is -2.47. The van der Waals surface area contributed by atoms with Crippen LogP contribution in [0.5, 0.6) is 11.5 Å². The van der Waals surface area contributed by atoms with Gasteiger partial charge in [-0.2, -0.15) is 0 Å². The number of rotatable bonds is 4. The van der Waals surface area contributed by atoms with Crippen molar-refractivity contribution in [1.82, 2.24) is 10.6 Å². The van der Waals surface area contributed by atoms with Gasteiger partial charge in [0, 0.05) is 11.6 Å². The fourth-order valence-electron chi connectivity index (χ4n) is 2.64. The largest absolute Gasteiger partial charge is 0.497 e. The number of carbonyl (C=O) groups excluding carboxylic acids is 1. The zero-order chi connectivity index (χ0) is 16.9. The first-order valence-corrected chi connectivity index (χ1v) is 8.11. The third kappa shape index (κ3) is 3.92. The number of hydrogen-bond donors (Lipinski definition) is 2. The minimum absolute atomic E-state index is 0.0872. The molecule has 1 atom stereocenters. The maximum atomic E-state index is 12.1. The first kappa shape index (κ1) is 16.5. The van der Waals surface area contributed by atoms with Gasteiger partial charge >= 0.3 is 6.03 Å². The van der Waals surface area contributed by atoms with Crippen LogP contribution in [0.4, 0.5) is 4.79 Å². The smallest absolute Gasteiger partial charge is 0.315 e. The van der Waals surface area contributed by atoms with Gasteiger partial charge in [0.15, 0.2) is 0 Å². The lowest BCUT2D eigenvalue weighted by atomic mass is 10.0. The number of hydrogen-bond acceptors (Lipinski definition) is 3. The summed E-state index contributed by atoms with van der Waals surface area (Å²) >= 11 is 6.08. The topological polar surface area (TPSA) is 59.6 Å². The summed E-state index contributed by atoms with van der Waals surface area (Å²) in [5, 5.41) is 6.39. The molecular formula is C18H19ClN2O3. The number of benzene rings is 2. The van der Waals surface area contributed by atoms with E-state index in [-0.39, 0.29) is 12.1 Å². The van der Waals surface area contributed by atoms with Gasteiger partial charge in [-0.15, -0.1) is 0 Å². The maximum Gasteiger partial charge on any atom is 0.315 e. The number of carbonyl (C=O) groups is 1. The minimum atomic E-state index is -0.241. The second-order valence-corrected chi connectivity index (χ2v) is 6.01. The van der Waals surface area contributed by atoms with Crippen LogP contribution in [0, 0.1) is 0 Å². The third-order valence-electron chi connectivity index (χ3n) is 3.91. The number of methoxy groups -OCH3 is 1. The lowest BCUT2D eigenvalue weighted by Gasteiger charge is -2.26. The van der Waals surface area contributed by atoms with Gasteiger partial charge < -0.3 is 20.1 Å². The van der Waals surface area contributed by atoms with E-state index in [2.05, 4.69) is 10.6 Å². The molecule has 0 bridgehead atoms. The molecule has 24 heavy (non-hydrogen) atoms. The van der Waals surface area contributed by atoms with Crippen LogP contribution in [0.1, 0.15) is 11.1 Å². The van der Waals surface area contributed by atoms with Crippen molar-refractivity contribution in [2.45, 2.75) is 19.0 Å². The van der Waals surface area contributed by atoms with Gasteiger partial charge in [0.05, 0.1) is 13.2 Å². The van der Waals surface area contributed by atoms with Gasteiger partial charge in [-0.3, -0.25) is 0 Å². The molecule has 3 rings (SSSR count). The number of urea groups is 1. The van der Waals surface area contributed by atoms with E-state index < -0.39 is 0 Å². The van der Waals surface area contributed by atoms with Crippen molar-refractivity contribution in [3.63, 3.8) is 0 Å². The maximum absolute atomic E-state index is 12.1. The summed E-state index contributed by atoms with van der Waals surface area (Å²) in [6, 6.07) is 12.8. The molecule has 0 spiro atoms.